The average Bonchev–Trinajstić information content (AvgIpc) is 2.44. The molecule has 0 amide bonds. The molecular weight excluding hydrogens is 251 g/mol. The quantitative estimate of drug-likeness (QED) is 0.720. The van der Waals surface area contributed by atoms with Crippen LogP contribution < -0.4 is 0 Å². The number of hydrogen-bond donors (Lipinski definition) is 0. The monoisotopic (exact) mass is 258 g/mol. The van der Waals surface area contributed by atoms with Gasteiger partial charge >= 0.3 is 0 Å². The van der Waals surface area contributed by atoms with Gasteiger partial charge in [0.1, 0.15) is 5.82 Å². The number of rotatable bonds is 1. The Labute approximate surface area is 89.7 Å². The van der Waals surface area contributed by atoms with Gasteiger partial charge in [0, 0.05) is 11.5 Å². The van der Waals surface area contributed by atoms with E-state index in [1.807, 2.05) is 29.8 Å². The third-order valence-electron chi connectivity index (χ3n) is 2.06. The van der Waals surface area contributed by atoms with Crippen LogP contribution in [0.3, 0.4) is 0 Å². The van der Waals surface area contributed by atoms with Gasteiger partial charge in [-0.05, 0) is 28.1 Å². The van der Waals surface area contributed by atoms with Crippen LogP contribution in [-0.4, -0.2) is 9.55 Å². The molecule has 0 spiro atoms. The number of benzene rings is 1. The lowest BCUT2D eigenvalue weighted by molar-refractivity contribution is 0.872. The van der Waals surface area contributed by atoms with E-state index in [9.17, 15) is 0 Å². The zero-order valence-electron chi connectivity index (χ0n) is 7.09. The van der Waals surface area contributed by atoms with Gasteiger partial charge in [0.05, 0.1) is 16.9 Å². The highest BCUT2D eigenvalue weighted by atomic mass is 79.9. The second kappa shape index (κ2) is 3.31. The normalized spacial score (nSPS) is 11.0. The van der Waals surface area contributed by atoms with Crippen LogP contribution in [0.2, 0.25) is 0 Å². The van der Waals surface area contributed by atoms with Crippen LogP contribution in [0, 0.1) is 0 Å². The summed E-state index contributed by atoms with van der Waals surface area (Å²) in [5, 5.41) is 0. The van der Waals surface area contributed by atoms with E-state index in [0.717, 1.165) is 21.3 Å². The summed E-state index contributed by atoms with van der Waals surface area (Å²) < 4.78 is 3.06. The van der Waals surface area contributed by atoms with Crippen molar-refractivity contribution in [1.29, 1.82) is 0 Å². The Morgan fingerprint density at radius 2 is 2.31 bits per heavy atom. The Morgan fingerprint density at radius 1 is 1.54 bits per heavy atom. The summed E-state index contributed by atoms with van der Waals surface area (Å²) in [6, 6.07) is 5.95. The number of imidazole rings is 1. The van der Waals surface area contributed by atoms with E-state index < -0.39 is 0 Å². The maximum absolute atomic E-state index is 5.76. The Bertz CT molecular complexity index is 450. The van der Waals surface area contributed by atoms with E-state index >= 15 is 0 Å². The largest absolute Gasteiger partial charge is 0.329 e. The van der Waals surface area contributed by atoms with Crippen molar-refractivity contribution in [2.75, 3.05) is 0 Å². The maximum Gasteiger partial charge on any atom is 0.124 e. The van der Waals surface area contributed by atoms with E-state index in [-0.39, 0.29) is 0 Å². The van der Waals surface area contributed by atoms with Crippen LogP contribution >= 0.6 is 27.5 Å². The highest BCUT2D eigenvalue weighted by molar-refractivity contribution is 9.10. The van der Waals surface area contributed by atoms with E-state index in [4.69, 9.17) is 11.6 Å². The third kappa shape index (κ3) is 1.36. The number of nitrogens with zero attached hydrogens (tertiary/aromatic N) is 2. The molecule has 2 aromatic rings. The molecule has 68 valence electrons. The summed E-state index contributed by atoms with van der Waals surface area (Å²) in [6.45, 7) is 0. The van der Waals surface area contributed by atoms with Gasteiger partial charge in [-0.3, -0.25) is 0 Å². The van der Waals surface area contributed by atoms with Crippen molar-refractivity contribution in [3.8, 4) is 0 Å². The fraction of sp³-hybridized carbons (Fsp3) is 0.222. The molecule has 0 saturated carbocycles. The second-order valence-electron chi connectivity index (χ2n) is 2.83. The number of halogens is 2. The molecule has 0 saturated heterocycles. The second-order valence-corrected chi connectivity index (χ2v) is 3.95. The Morgan fingerprint density at radius 3 is 2.92 bits per heavy atom. The number of alkyl halides is 1. The van der Waals surface area contributed by atoms with Crippen LogP contribution in [0.4, 0.5) is 0 Å². The lowest BCUT2D eigenvalue weighted by Crippen LogP contribution is -1.94. The minimum atomic E-state index is 0.442. The highest BCUT2D eigenvalue weighted by Gasteiger charge is 2.08. The highest BCUT2D eigenvalue weighted by Crippen LogP contribution is 2.24. The molecule has 0 aliphatic rings. The molecule has 0 fully saturated rings. The zero-order chi connectivity index (χ0) is 9.42. The molecule has 0 unspecified atom stereocenters. The van der Waals surface area contributed by atoms with Crippen molar-refractivity contribution in [2.24, 2.45) is 7.05 Å². The van der Waals surface area contributed by atoms with Gasteiger partial charge in [0.25, 0.3) is 0 Å². The molecular formula is C9H8BrClN2. The molecule has 0 aliphatic heterocycles. The van der Waals surface area contributed by atoms with Crippen LogP contribution in [0.5, 0.6) is 0 Å². The van der Waals surface area contributed by atoms with Gasteiger partial charge in [-0.1, -0.05) is 6.07 Å². The van der Waals surface area contributed by atoms with Crippen molar-refractivity contribution in [3.63, 3.8) is 0 Å². The zero-order valence-corrected chi connectivity index (χ0v) is 9.43. The molecule has 2 rings (SSSR count). The van der Waals surface area contributed by atoms with E-state index in [1.165, 1.54) is 0 Å². The van der Waals surface area contributed by atoms with E-state index in [1.54, 1.807) is 0 Å². The molecule has 4 heteroatoms. The number of hydrogen-bond acceptors (Lipinski definition) is 1. The fourth-order valence-corrected chi connectivity index (χ4v) is 2.25. The van der Waals surface area contributed by atoms with Crippen molar-refractivity contribution >= 4 is 38.6 Å². The number of aryl methyl sites for hydroxylation is 1. The first kappa shape index (κ1) is 9.03. The van der Waals surface area contributed by atoms with E-state index in [0.29, 0.717) is 5.88 Å². The van der Waals surface area contributed by atoms with E-state index in [2.05, 4.69) is 20.9 Å². The summed E-state index contributed by atoms with van der Waals surface area (Å²) in [5.41, 5.74) is 2.07. The molecule has 0 aliphatic carbocycles. The first-order valence-electron chi connectivity index (χ1n) is 3.90. The summed E-state index contributed by atoms with van der Waals surface area (Å²) in [6.07, 6.45) is 0. The summed E-state index contributed by atoms with van der Waals surface area (Å²) >= 11 is 9.24. The fourth-order valence-electron chi connectivity index (χ4n) is 1.39. The summed E-state index contributed by atoms with van der Waals surface area (Å²) in [5.74, 6) is 1.33. The molecule has 1 aromatic heterocycles. The third-order valence-corrected chi connectivity index (χ3v) is 2.94. The SMILES string of the molecule is Cn1c(CCl)nc2cccc(Br)c21. The van der Waals surface area contributed by atoms with Crippen LogP contribution in [0.1, 0.15) is 5.82 Å². The Balaban J connectivity index is 2.85. The average molecular weight is 260 g/mol. The van der Waals surface area contributed by atoms with Crippen LogP contribution in [-0.2, 0) is 12.9 Å². The summed E-state index contributed by atoms with van der Waals surface area (Å²) in [7, 11) is 1.97. The molecule has 0 N–H and O–H groups in total. The Kier molecular flexibility index (Phi) is 2.30. The summed E-state index contributed by atoms with van der Waals surface area (Å²) in [4.78, 5) is 4.39. The first-order chi connectivity index (χ1) is 6.24. The molecule has 13 heavy (non-hydrogen) atoms. The first-order valence-corrected chi connectivity index (χ1v) is 5.22. The minimum absolute atomic E-state index is 0.442. The van der Waals surface area contributed by atoms with Gasteiger partial charge in [0.2, 0.25) is 0 Å². The number of aromatic nitrogens is 2. The lowest BCUT2D eigenvalue weighted by Gasteiger charge is -1.99. The van der Waals surface area contributed by atoms with Gasteiger partial charge in [-0.25, -0.2) is 4.98 Å². The van der Waals surface area contributed by atoms with Gasteiger partial charge < -0.3 is 4.57 Å². The predicted octanol–water partition coefficient (Wildman–Crippen LogP) is 3.07. The van der Waals surface area contributed by atoms with Gasteiger partial charge in [-0.15, -0.1) is 11.6 Å². The minimum Gasteiger partial charge on any atom is -0.329 e. The molecule has 2 nitrogen and oxygen atoms in total. The lowest BCUT2D eigenvalue weighted by atomic mass is 10.3. The van der Waals surface area contributed by atoms with Crippen molar-refractivity contribution in [2.45, 2.75) is 5.88 Å². The van der Waals surface area contributed by atoms with Gasteiger partial charge in [-0.2, -0.15) is 0 Å². The van der Waals surface area contributed by atoms with Crippen LogP contribution in [0.25, 0.3) is 11.0 Å². The van der Waals surface area contributed by atoms with Crippen molar-refractivity contribution < 1.29 is 0 Å². The molecule has 1 aromatic carbocycles. The standard InChI is InChI=1S/C9H8BrClN2/c1-13-8(5-11)12-7-4-2-3-6(10)9(7)13/h2-4H,5H2,1H3. The Hall–Kier alpha value is -0.540. The number of para-hydroxylation sites is 1. The van der Waals surface area contributed by atoms with Crippen molar-refractivity contribution in [3.05, 3.63) is 28.5 Å². The van der Waals surface area contributed by atoms with Gasteiger partial charge in [0.15, 0.2) is 0 Å². The van der Waals surface area contributed by atoms with Crippen molar-refractivity contribution in [1.82, 2.24) is 9.55 Å². The molecule has 1 heterocycles. The topological polar surface area (TPSA) is 17.8 Å². The maximum atomic E-state index is 5.76. The predicted molar refractivity (Wildman–Crippen MR) is 58.0 cm³/mol. The molecule has 0 radical (unpaired) electrons. The van der Waals surface area contributed by atoms with Crippen LogP contribution in [0.15, 0.2) is 22.7 Å². The number of fused-ring (bicyclic) bond motifs is 1. The molecule has 0 bridgehead atoms. The smallest absolute Gasteiger partial charge is 0.124 e. The molecule has 0 atom stereocenters.